The number of hydrogen-bond acceptors (Lipinski definition) is 9. The van der Waals surface area contributed by atoms with Crippen LogP contribution in [0.3, 0.4) is 0 Å². The molecule has 238 valence electrons. The van der Waals surface area contributed by atoms with Crippen LogP contribution in [0.2, 0.25) is 0 Å². The predicted molar refractivity (Wildman–Crippen MR) is 172 cm³/mol. The lowest BCUT2D eigenvalue weighted by Gasteiger charge is -2.27. The van der Waals surface area contributed by atoms with E-state index in [2.05, 4.69) is 30.5 Å². The zero-order valence-corrected chi connectivity index (χ0v) is 26.3. The van der Waals surface area contributed by atoms with Gasteiger partial charge in [0.25, 0.3) is 11.1 Å². The lowest BCUT2D eigenvalue weighted by molar-refractivity contribution is 0.205. The van der Waals surface area contributed by atoms with E-state index < -0.39 is 18.0 Å². The van der Waals surface area contributed by atoms with E-state index in [1.807, 2.05) is 31.5 Å². The van der Waals surface area contributed by atoms with Crippen LogP contribution < -0.4 is 16.4 Å². The average Bonchev–Trinajstić information content (AvgIpc) is 3.74. The van der Waals surface area contributed by atoms with Crippen LogP contribution in [0.5, 0.6) is 0 Å². The first-order chi connectivity index (χ1) is 22.0. The number of aliphatic hydroxyl groups is 1. The summed E-state index contributed by atoms with van der Waals surface area (Å²) in [6.45, 7) is 9.02. The Hall–Kier alpha value is -4.75. The van der Waals surface area contributed by atoms with Gasteiger partial charge in [-0.25, -0.2) is 14.1 Å². The molecule has 0 amide bonds. The fourth-order valence-corrected chi connectivity index (χ4v) is 6.05. The average molecular weight is 626 g/mol. The maximum atomic E-state index is 15.3. The molecule has 5 heterocycles. The van der Waals surface area contributed by atoms with Crippen LogP contribution >= 0.6 is 0 Å². The molecule has 0 bridgehead atoms. The van der Waals surface area contributed by atoms with E-state index in [4.69, 9.17) is 0 Å². The summed E-state index contributed by atoms with van der Waals surface area (Å²) in [4.78, 5) is 33.5. The van der Waals surface area contributed by atoms with Gasteiger partial charge in [0.15, 0.2) is 11.6 Å². The highest BCUT2D eigenvalue weighted by Crippen LogP contribution is 2.32. The summed E-state index contributed by atoms with van der Waals surface area (Å²) in [5.74, 6) is 0.742. The van der Waals surface area contributed by atoms with Crippen molar-refractivity contribution in [2.45, 2.75) is 58.7 Å². The standard InChI is InChI=1S/C33H36FN9O3/c1-33(2,3)21-11-20-15-36-43(32(46)29(20)25(34)12-21)30-24(18-44)23(7-8-35-30)26-14-27(31(45)40(4)38-26)37-28-13-22-17-41(16-19-5-6-19)9-10-42(22)39-28/h7-8,11-15,19,44H,5-6,9-10,16-18H2,1-4H3,(H,37,39). The highest BCUT2D eigenvalue weighted by Gasteiger charge is 2.27. The van der Waals surface area contributed by atoms with E-state index in [0.29, 0.717) is 22.5 Å². The highest BCUT2D eigenvalue weighted by molar-refractivity contribution is 5.82. The van der Waals surface area contributed by atoms with Crippen molar-refractivity contribution in [3.63, 3.8) is 0 Å². The van der Waals surface area contributed by atoms with E-state index >= 15 is 4.39 Å². The number of rotatable bonds is 7. The van der Waals surface area contributed by atoms with Gasteiger partial charge >= 0.3 is 0 Å². The van der Waals surface area contributed by atoms with Crippen LogP contribution in [0.1, 0.15) is 50.4 Å². The fourth-order valence-electron chi connectivity index (χ4n) is 6.05. The quantitative estimate of drug-likeness (QED) is 0.278. The molecule has 0 saturated heterocycles. The number of aryl methyl sites for hydroxylation is 1. The molecular formula is C33H36FN9O3. The summed E-state index contributed by atoms with van der Waals surface area (Å²) in [6, 6.07) is 8.32. The molecule has 1 saturated carbocycles. The molecule has 0 unspecified atom stereocenters. The summed E-state index contributed by atoms with van der Waals surface area (Å²) in [5.41, 5.74) is 1.72. The van der Waals surface area contributed by atoms with Gasteiger partial charge in [-0.3, -0.25) is 19.2 Å². The molecular weight excluding hydrogens is 589 g/mol. The minimum atomic E-state index is -0.704. The largest absolute Gasteiger partial charge is 0.392 e. The van der Waals surface area contributed by atoms with Crippen molar-refractivity contribution >= 4 is 22.3 Å². The third-order valence-electron chi connectivity index (χ3n) is 8.79. The molecule has 12 nitrogen and oxygen atoms in total. The monoisotopic (exact) mass is 625 g/mol. The van der Waals surface area contributed by atoms with Crippen molar-refractivity contribution in [2.75, 3.05) is 18.4 Å². The van der Waals surface area contributed by atoms with Gasteiger partial charge in [0.2, 0.25) is 0 Å². The third-order valence-corrected chi connectivity index (χ3v) is 8.79. The van der Waals surface area contributed by atoms with E-state index in [0.717, 1.165) is 48.0 Å². The number of nitrogens with zero attached hydrogens (tertiary/aromatic N) is 8. The maximum absolute atomic E-state index is 15.3. The van der Waals surface area contributed by atoms with Gasteiger partial charge in [-0.1, -0.05) is 20.8 Å². The van der Waals surface area contributed by atoms with Crippen molar-refractivity contribution in [3.8, 4) is 17.1 Å². The Labute approximate surface area is 264 Å². The molecule has 1 aliphatic heterocycles. The highest BCUT2D eigenvalue weighted by atomic mass is 19.1. The molecule has 2 aliphatic rings. The summed E-state index contributed by atoms with van der Waals surface area (Å²) < 4.78 is 19.5. The summed E-state index contributed by atoms with van der Waals surface area (Å²) >= 11 is 0. The molecule has 0 atom stereocenters. The topological polar surface area (TPSA) is 136 Å². The normalized spacial score (nSPS) is 15.3. The van der Waals surface area contributed by atoms with Crippen LogP contribution in [-0.2, 0) is 32.2 Å². The Balaban J connectivity index is 1.25. The van der Waals surface area contributed by atoms with Crippen LogP contribution in [0.4, 0.5) is 15.9 Å². The van der Waals surface area contributed by atoms with Gasteiger partial charge in [0.1, 0.15) is 11.5 Å². The molecule has 46 heavy (non-hydrogen) atoms. The third kappa shape index (κ3) is 5.49. The summed E-state index contributed by atoms with van der Waals surface area (Å²) in [6.07, 6.45) is 5.49. The second-order valence-electron chi connectivity index (χ2n) is 13.3. The number of anilines is 2. The number of halogens is 1. The Morgan fingerprint density at radius 2 is 1.87 bits per heavy atom. The fraction of sp³-hybridized carbons (Fsp3) is 0.394. The smallest absolute Gasteiger partial charge is 0.290 e. The molecule has 4 aromatic heterocycles. The van der Waals surface area contributed by atoms with E-state index in [9.17, 15) is 14.7 Å². The molecule has 0 radical (unpaired) electrons. The Kier molecular flexibility index (Phi) is 7.32. The van der Waals surface area contributed by atoms with E-state index in [-0.39, 0.29) is 33.4 Å². The maximum Gasteiger partial charge on any atom is 0.290 e. The molecule has 0 spiro atoms. The number of pyridine rings is 1. The summed E-state index contributed by atoms with van der Waals surface area (Å²) in [5, 5.41) is 27.4. The SMILES string of the molecule is Cn1nc(-c2ccnc(-n3ncc4cc(C(C)(C)C)cc(F)c4c3=O)c2CO)cc(Nc2cc3n(n2)CCN(CC2CC2)C3)c1=O. The summed E-state index contributed by atoms with van der Waals surface area (Å²) in [7, 11) is 1.54. The number of hydrogen-bond donors (Lipinski definition) is 2. The zero-order chi connectivity index (χ0) is 32.3. The van der Waals surface area contributed by atoms with Crippen molar-refractivity contribution in [1.29, 1.82) is 0 Å². The van der Waals surface area contributed by atoms with Gasteiger partial charge in [-0.15, -0.1) is 0 Å². The van der Waals surface area contributed by atoms with Crippen molar-refractivity contribution < 1.29 is 9.50 Å². The van der Waals surface area contributed by atoms with Crippen molar-refractivity contribution in [2.24, 2.45) is 13.0 Å². The van der Waals surface area contributed by atoms with Gasteiger partial charge in [0.05, 0.1) is 36.1 Å². The van der Waals surface area contributed by atoms with Crippen LogP contribution in [0.15, 0.2) is 52.3 Å². The van der Waals surface area contributed by atoms with Gasteiger partial charge in [0, 0.05) is 55.5 Å². The van der Waals surface area contributed by atoms with Crippen LogP contribution in [-0.4, -0.2) is 57.4 Å². The second-order valence-corrected chi connectivity index (χ2v) is 13.3. The minimum absolute atomic E-state index is 0.0360. The Bertz CT molecular complexity index is 2110. The van der Waals surface area contributed by atoms with Gasteiger partial charge < -0.3 is 10.4 Å². The molecule has 2 N–H and O–H groups in total. The first-order valence-corrected chi connectivity index (χ1v) is 15.5. The van der Waals surface area contributed by atoms with Crippen LogP contribution in [0, 0.1) is 11.7 Å². The molecule has 5 aromatic rings. The van der Waals surface area contributed by atoms with Crippen molar-refractivity contribution in [3.05, 3.63) is 86.1 Å². The van der Waals surface area contributed by atoms with Crippen molar-refractivity contribution in [1.82, 2.24) is 39.2 Å². The predicted octanol–water partition coefficient (Wildman–Crippen LogP) is 3.64. The number of aromatic nitrogens is 7. The molecule has 7 rings (SSSR count). The first kappa shape index (κ1) is 29.9. The number of nitrogens with one attached hydrogen (secondary N) is 1. The van der Waals surface area contributed by atoms with Gasteiger partial charge in [-0.2, -0.15) is 20.0 Å². The number of fused-ring (bicyclic) bond motifs is 2. The Morgan fingerprint density at radius 3 is 2.61 bits per heavy atom. The van der Waals surface area contributed by atoms with E-state index in [1.165, 1.54) is 43.0 Å². The second kappa shape index (κ2) is 11.2. The Morgan fingerprint density at radius 1 is 1.07 bits per heavy atom. The molecule has 1 aliphatic carbocycles. The lowest BCUT2D eigenvalue weighted by atomic mass is 9.86. The number of benzene rings is 1. The zero-order valence-electron chi connectivity index (χ0n) is 26.3. The molecule has 1 fully saturated rings. The van der Waals surface area contributed by atoms with E-state index in [1.54, 1.807) is 18.2 Å². The van der Waals surface area contributed by atoms with Gasteiger partial charge in [-0.05, 0) is 54.0 Å². The van der Waals surface area contributed by atoms with Crippen LogP contribution in [0.25, 0.3) is 27.8 Å². The molecule has 13 heteroatoms. The number of aliphatic hydroxyl groups excluding tert-OH is 1. The first-order valence-electron chi connectivity index (χ1n) is 15.5. The minimum Gasteiger partial charge on any atom is -0.392 e. The lowest BCUT2D eigenvalue weighted by Crippen LogP contribution is -2.35. The molecule has 1 aromatic carbocycles.